The predicted molar refractivity (Wildman–Crippen MR) is 55.4 cm³/mol. The van der Waals surface area contributed by atoms with E-state index in [0.717, 1.165) is 0 Å². The molecule has 0 aliphatic carbocycles. The molecule has 78 valence electrons. The first-order valence-corrected chi connectivity index (χ1v) is 4.32. The Balaban J connectivity index is 2.44. The SMILES string of the molecule is [N-]=[N+]=NCCC(=O)Nc1ccc(O)cc1. The van der Waals surface area contributed by atoms with Gasteiger partial charge in [0.25, 0.3) is 0 Å². The molecule has 0 unspecified atom stereocenters. The number of phenolic OH excluding ortho intramolecular Hbond substituents is 1. The summed E-state index contributed by atoms with van der Waals surface area (Å²) in [7, 11) is 0. The summed E-state index contributed by atoms with van der Waals surface area (Å²) >= 11 is 0. The summed E-state index contributed by atoms with van der Waals surface area (Å²) in [5.74, 6) is -0.0878. The first-order valence-electron chi connectivity index (χ1n) is 4.32. The van der Waals surface area contributed by atoms with E-state index < -0.39 is 0 Å². The lowest BCUT2D eigenvalue weighted by atomic mass is 10.3. The number of nitrogens with zero attached hydrogens (tertiary/aromatic N) is 3. The second-order valence-electron chi connectivity index (χ2n) is 2.80. The minimum Gasteiger partial charge on any atom is -0.508 e. The van der Waals surface area contributed by atoms with E-state index in [1.54, 1.807) is 12.1 Å². The van der Waals surface area contributed by atoms with Crippen LogP contribution in [0.4, 0.5) is 5.69 Å². The monoisotopic (exact) mass is 206 g/mol. The lowest BCUT2D eigenvalue weighted by Gasteiger charge is -2.03. The highest BCUT2D eigenvalue weighted by molar-refractivity contribution is 5.90. The number of carbonyl (C=O) groups is 1. The normalized spacial score (nSPS) is 9.07. The Morgan fingerprint density at radius 1 is 1.47 bits per heavy atom. The molecule has 0 aliphatic heterocycles. The first kappa shape index (κ1) is 10.9. The van der Waals surface area contributed by atoms with Crippen molar-refractivity contribution in [3.05, 3.63) is 34.7 Å². The molecule has 0 saturated heterocycles. The number of amides is 1. The molecule has 1 amide bonds. The summed E-state index contributed by atoms with van der Waals surface area (Å²) < 4.78 is 0. The van der Waals surface area contributed by atoms with Crippen molar-refractivity contribution in [1.29, 1.82) is 0 Å². The maximum atomic E-state index is 11.2. The summed E-state index contributed by atoms with van der Waals surface area (Å²) in [5, 5.41) is 14.8. The Morgan fingerprint density at radius 3 is 2.73 bits per heavy atom. The van der Waals surface area contributed by atoms with E-state index in [1.165, 1.54) is 12.1 Å². The molecule has 6 heteroatoms. The predicted octanol–water partition coefficient (Wildman–Crippen LogP) is 2.03. The Kier molecular flexibility index (Phi) is 4.00. The van der Waals surface area contributed by atoms with Crippen LogP contribution in [-0.4, -0.2) is 17.6 Å². The van der Waals surface area contributed by atoms with Gasteiger partial charge in [-0.2, -0.15) is 0 Å². The summed E-state index contributed by atoms with van der Waals surface area (Å²) in [6.45, 7) is 0.139. The second-order valence-corrected chi connectivity index (χ2v) is 2.80. The number of anilines is 1. The zero-order valence-corrected chi connectivity index (χ0v) is 7.92. The van der Waals surface area contributed by atoms with Gasteiger partial charge in [-0.05, 0) is 29.8 Å². The van der Waals surface area contributed by atoms with E-state index in [9.17, 15) is 4.79 Å². The fourth-order valence-electron chi connectivity index (χ4n) is 0.965. The highest BCUT2D eigenvalue weighted by atomic mass is 16.3. The first-order chi connectivity index (χ1) is 7.22. The van der Waals surface area contributed by atoms with Gasteiger partial charge in [0.15, 0.2) is 0 Å². The molecular weight excluding hydrogens is 196 g/mol. The average molecular weight is 206 g/mol. The van der Waals surface area contributed by atoms with Gasteiger partial charge < -0.3 is 10.4 Å². The van der Waals surface area contributed by atoms with Crippen molar-refractivity contribution in [2.45, 2.75) is 6.42 Å². The number of carbonyl (C=O) groups excluding carboxylic acids is 1. The van der Waals surface area contributed by atoms with E-state index in [-0.39, 0.29) is 24.6 Å². The van der Waals surface area contributed by atoms with Crippen LogP contribution in [0.25, 0.3) is 10.4 Å². The topological polar surface area (TPSA) is 98.1 Å². The minimum atomic E-state index is -0.229. The van der Waals surface area contributed by atoms with E-state index >= 15 is 0 Å². The van der Waals surface area contributed by atoms with E-state index in [4.69, 9.17) is 10.6 Å². The molecule has 0 aliphatic rings. The standard InChI is InChI=1S/C9H10N4O2/c10-13-11-6-5-9(15)12-7-1-3-8(14)4-2-7/h1-4,14H,5-6H2,(H,12,15). The highest BCUT2D eigenvalue weighted by Gasteiger charge is 2.00. The van der Waals surface area contributed by atoms with Gasteiger partial charge >= 0.3 is 0 Å². The van der Waals surface area contributed by atoms with Crippen molar-refractivity contribution in [1.82, 2.24) is 0 Å². The molecule has 0 aromatic heterocycles. The quantitative estimate of drug-likeness (QED) is 0.341. The summed E-state index contributed by atoms with van der Waals surface area (Å²) in [5.41, 5.74) is 8.59. The highest BCUT2D eigenvalue weighted by Crippen LogP contribution is 2.13. The molecule has 0 atom stereocenters. The molecule has 6 nitrogen and oxygen atoms in total. The maximum absolute atomic E-state index is 11.2. The average Bonchev–Trinajstić information content (AvgIpc) is 2.22. The van der Waals surface area contributed by atoms with Crippen LogP contribution < -0.4 is 5.32 Å². The van der Waals surface area contributed by atoms with Gasteiger partial charge in [0.05, 0.1) is 0 Å². The fourth-order valence-corrected chi connectivity index (χ4v) is 0.965. The number of phenols is 1. The fraction of sp³-hybridized carbons (Fsp3) is 0.222. The summed E-state index contributed by atoms with van der Waals surface area (Å²) in [6, 6.07) is 6.12. The van der Waals surface area contributed by atoms with E-state index in [0.29, 0.717) is 5.69 Å². The molecular formula is C9H10N4O2. The Morgan fingerprint density at radius 2 is 2.13 bits per heavy atom. The van der Waals surface area contributed by atoms with Crippen LogP contribution in [0.2, 0.25) is 0 Å². The number of aromatic hydroxyl groups is 1. The molecule has 2 N–H and O–H groups in total. The number of benzene rings is 1. The van der Waals surface area contributed by atoms with Gasteiger partial charge in [-0.25, -0.2) is 0 Å². The number of azide groups is 1. The van der Waals surface area contributed by atoms with Gasteiger partial charge in [0.2, 0.25) is 5.91 Å². The molecule has 0 spiro atoms. The largest absolute Gasteiger partial charge is 0.508 e. The second kappa shape index (κ2) is 5.51. The van der Waals surface area contributed by atoms with Crippen LogP contribution in [-0.2, 0) is 4.79 Å². The zero-order valence-electron chi connectivity index (χ0n) is 7.92. The minimum absolute atomic E-state index is 0.139. The van der Waals surface area contributed by atoms with Gasteiger partial charge in [0.1, 0.15) is 5.75 Å². The third-order valence-corrected chi connectivity index (χ3v) is 1.65. The molecule has 0 radical (unpaired) electrons. The van der Waals surface area contributed by atoms with Crippen molar-refractivity contribution in [2.24, 2.45) is 5.11 Å². The van der Waals surface area contributed by atoms with Gasteiger partial charge in [-0.3, -0.25) is 4.79 Å². The number of hydrogen-bond acceptors (Lipinski definition) is 3. The third-order valence-electron chi connectivity index (χ3n) is 1.65. The molecule has 15 heavy (non-hydrogen) atoms. The molecule has 0 bridgehead atoms. The lowest BCUT2D eigenvalue weighted by molar-refractivity contribution is -0.116. The number of nitrogens with one attached hydrogen (secondary N) is 1. The third kappa shape index (κ3) is 4.02. The maximum Gasteiger partial charge on any atom is 0.224 e. The van der Waals surface area contributed by atoms with Crippen LogP contribution in [0, 0.1) is 0 Å². The van der Waals surface area contributed by atoms with Crippen molar-refractivity contribution in [3.63, 3.8) is 0 Å². The van der Waals surface area contributed by atoms with Gasteiger partial charge in [-0.1, -0.05) is 5.11 Å². The van der Waals surface area contributed by atoms with Crippen LogP contribution in [0.1, 0.15) is 6.42 Å². The molecule has 1 rings (SSSR count). The van der Waals surface area contributed by atoms with Crippen molar-refractivity contribution in [2.75, 3.05) is 11.9 Å². The van der Waals surface area contributed by atoms with Crippen LogP contribution in [0.5, 0.6) is 5.75 Å². The van der Waals surface area contributed by atoms with Crippen LogP contribution in [0.15, 0.2) is 29.4 Å². The van der Waals surface area contributed by atoms with Crippen molar-refractivity contribution >= 4 is 11.6 Å². The zero-order chi connectivity index (χ0) is 11.1. The summed E-state index contributed by atoms with van der Waals surface area (Å²) in [4.78, 5) is 13.8. The Labute approximate surface area is 86.2 Å². The van der Waals surface area contributed by atoms with E-state index in [1.807, 2.05) is 0 Å². The van der Waals surface area contributed by atoms with E-state index in [2.05, 4.69) is 15.3 Å². The molecule has 0 heterocycles. The van der Waals surface area contributed by atoms with Crippen LogP contribution in [0.3, 0.4) is 0 Å². The lowest BCUT2D eigenvalue weighted by Crippen LogP contribution is -2.12. The Bertz CT molecular complexity index is 382. The smallest absolute Gasteiger partial charge is 0.224 e. The summed E-state index contributed by atoms with van der Waals surface area (Å²) in [6.07, 6.45) is 0.144. The Hall–Kier alpha value is -2.20. The van der Waals surface area contributed by atoms with Gasteiger partial charge in [0, 0.05) is 23.6 Å². The van der Waals surface area contributed by atoms with Crippen molar-refractivity contribution in [3.8, 4) is 5.75 Å². The van der Waals surface area contributed by atoms with Crippen LogP contribution >= 0.6 is 0 Å². The number of hydrogen-bond donors (Lipinski definition) is 2. The molecule has 1 aromatic rings. The molecule has 1 aromatic carbocycles. The van der Waals surface area contributed by atoms with Gasteiger partial charge in [-0.15, -0.1) is 0 Å². The van der Waals surface area contributed by atoms with Crippen molar-refractivity contribution < 1.29 is 9.90 Å². The number of rotatable bonds is 4. The molecule has 0 saturated carbocycles. The molecule has 0 fully saturated rings.